The summed E-state index contributed by atoms with van der Waals surface area (Å²) >= 11 is 0. The monoisotopic (exact) mass is 378 g/mol. The van der Waals surface area contributed by atoms with E-state index in [1.54, 1.807) is 13.8 Å². The van der Waals surface area contributed by atoms with Gasteiger partial charge in [-0.3, -0.25) is 14.4 Å². The fourth-order valence-corrected chi connectivity index (χ4v) is 1.83. The van der Waals surface area contributed by atoms with Crippen molar-refractivity contribution >= 4 is 77.0 Å². The fourth-order valence-electron chi connectivity index (χ4n) is 1.83. The molecule has 140 valence electrons. The Labute approximate surface area is 197 Å². The van der Waals surface area contributed by atoms with Crippen molar-refractivity contribution in [3.63, 3.8) is 0 Å². The van der Waals surface area contributed by atoms with Gasteiger partial charge < -0.3 is 9.84 Å². The van der Waals surface area contributed by atoms with Crippen molar-refractivity contribution in [2.45, 2.75) is 97.8 Å². The molecule has 0 aliphatic rings. The molecule has 25 heavy (non-hydrogen) atoms. The minimum atomic E-state index is -0.745. The molecule has 0 spiro atoms. The molecule has 0 saturated heterocycles. The standard InChI is InChI=1S/C15H28O3.C3H6O2.2Na.2H/c1-3-5-6-7-8-9-10-11-12-13-15(17)18-14(16)4-2;1-2-3(4)5;;;;/h3-13H2,1-2H3;2H2,1H3,(H,4,5);;;;. The summed E-state index contributed by atoms with van der Waals surface area (Å²) < 4.78 is 4.59. The Morgan fingerprint density at radius 1 is 0.680 bits per heavy atom. The SMILES string of the molecule is CCC(=O)O.CCCCCCCCCCCC(=O)OC(=O)CC.[NaH].[NaH]. The van der Waals surface area contributed by atoms with Gasteiger partial charge in [-0.25, -0.2) is 0 Å². The first-order valence-corrected chi connectivity index (χ1v) is 8.93. The van der Waals surface area contributed by atoms with E-state index in [1.165, 1.54) is 44.9 Å². The number of hydrogen-bond acceptors (Lipinski definition) is 4. The van der Waals surface area contributed by atoms with Gasteiger partial charge in [0.2, 0.25) is 0 Å². The Morgan fingerprint density at radius 2 is 1.08 bits per heavy atom. The van der Waals surface area contributed by atoms with Gasteiger partial charge in [0.05, 0.1) is 0 Å². The molecule has 5 nitrogen and oxygen atoms in total. The van der Waals surface area contributed by atoms with Gasteiger partial charge in [0.1, 0.15) is 0 Å². The van der Waals surface area contributed by atoms with E-state index >= 15 is 0 Å². The molecule has 0 aliphatic carbocycles. The summed E-state index contributed by atoms with van der Waals surface area (Å²) in [5.41, 5.74) is 0. The number of hydrogen-bond donors (Lipinski definition) is 1. The second kappa shape index (κ2) is 26.8. The van der Waals surface area contributed by atoms with Gasteiger partial charge >= 0.3 is 77.0 Å². The van der Waals surface area contributed by atoms with Gasteiger partial charge in [-0.2, -0.15) is 0 Å². The van der Waals surface area contributed by atoms with Crippen LogP contribution in [0.25, 0.3) is 0 Å². The molecular weight excluding hydrogens is 342 g/mol. The van der Waals surface area contributed by atoms with Crippen LogP contribution < -0.4 is 0 Å². The van der Waals surface area contributed by atoms with E-state index in [1.807, 2.05) is 0 Å². The maximum atomic E-state index is 11.2. The topological polar surface area (TPSA) is 80.7 Å². The van der Waals surface area contributed by atoms with Gasteiger partial charge in [0.25, 0.3) is 0 Å². The van der Waals surface area contributed by atoms with Crippen molar-refractivity contribution in [3.05, 3.63) is 0 Å². The molecule has 0 bridgehead atoms. The molecule has 0 aromatic heterocycles. The molecule has 0 aliphatic heterocycles. The predicted octanol–water partition coefficient (Wildman–Crippen LogP) is 3.57. The Balaban J connectivity index is -0.000000276. The van der Waals surface area contributed by atoms with Crippen molar-refractivity contribution in [2.75, 3.05) is 0 Å². The van der Waals surface area contributed by atoms with E-state index in [0.717, 1.165) is 12.8 Å². The third kappa shape index (κ3) is 32.7. The Kier molecular flexibility index (Phi) is 35.7. The molecule has 0 saturated carbocycles. The molecule has 0 rings (SSSR count). The van der Waals surface area contributed by atoms with Crippen LogP contribution in [-0.4, -0.2) is 82.1 Å². The van der Waals surface area contributed by atoms with Crippen LogP contribution >= 0.6 is 0 Å². The van der Waals surface area contributed by atoms with E-state index in [0.29, 0.717) is 6.42 Å². The zero-order chi connectivity index (χ0) is 17.9. The van der Waals surface area contributed by atoms with Crippen molar-refractivity contribution < 1.29 is 24.2 Å². The average Bonchev–Trinajstić information content (AvgIpc) is 2.53. The maximum absolute atomic E-state index is 11.2. The van der Waals surface area contributed by atoms with E-state index in [4.69, 9.17) is 5.11 Å². The van der Waals surface area contributed by atoms with Gasteiger partial charge in [-0.05, 0) is 6.42 Å². The van der Waals surface area contributed by atoms with Crippen molar-refractivity contribution in [1.82, 2.24) is 0 Å². The van der Waals surface area contributed by atoms with Gasteiger partial charge in [-0.1, -0.05) is 72.1 Å². The third-order valence-electron chi connectivity index (χ3n) is 3.30. The van der Waals surface area contributed by atoms with Crippen LogP contribution in [0.5, 0.6) is 0 Å². The molecule has 0 fully saturated rings. The first-order chi connectivity index (χ1) is 11.0. The summed E-state index contributed by atoms with van der Waals surface area (Å²) in [6.45, 7) is 5.51. The fraction of sp³-hybridized carbons (Fsp3) is 0.833. The number of unbranched alkanes of at least 4 members (excludes halogenated alkanes) is 8. The van der Waals surface area contributed by atoms with Gasteiger partial charge in [0.15, 0.2) is 0 Å². The molecule has 0 aromatic carbocycles. The summed E-state index contributed by atoms with van der Waals surface area (Å²) in [4.78, 5) is 31.4. The summed E-state index contributed by atoms with van der Waals surface area (Å²) in [6.07, 6.45) is 11.8. The van der Waals surface area contributed by atoms with E-state index in [9.17, 15) is 14.4 Å². The number of carbonyl (C=O) groups is 3. The first kappa shape index (κ1) is 33.2. The molecule has 0 unspecified atom stereocenters. The van der Waals surface area contributed by atoms with Crippen molar-refractivity contribution in [1.29, 1.82) is 0 Å². The summed E-state index contributed by atoms with van der Waals surface area (Å²) in [5.74, 6) is -1.54. The molecule has 0 atom stereocenters. The number of rotatable bonds is 12. The number of esters is 2. The molecule has 1 N–H and O–H groups in total. The Hall–Kier alpha value is 0.610. The van der Waals surface area contributed by atoms with Crippen LogP contribution in [0.4, 0.5) is 0 Å². The Bertz CT molecular complexity index is 323. The Morgan fingerprint density at radius 3 is 1.44 bits per heavy atom. The summed E-state index contributed by atoms with van der Waals surface area (Å²) in [5, 5.41) is 7.72. The molecule has 0 heterocycles. The van der Waals surface area contributed by atoms with Crippen LogP contribution in [0, 0.1) is 0 Å². The number of ether oxygens (including phenoxy) is 1. The van der Waals surface area contributed by atoms with Crippen molar-refractivity contribution in [3.8, 4) is 0 Å². The van der Waals surface area contributed by atoms with E-state index in [2.05, 4.69) is 11.7 Å². The molecule has 7 heteroatoms. The second-order valence-electron chi connectivity index (χ2n) is 5.53. The van der Waals surface area contributed by atoms with Crippen LogP contribution in [0.2, 0.25) is 0 Å². The number of carbonyl (C=O) groups excluding carboxylic acids is 2. The predicted molar refractivity (Wildman–Crippen MR) is 105 cm³/mol. The van der Waals surface area contributed by atoms with Crippen molar-refractivity contribution in [2.24, 2.45) is 0 Å². The van der Waals surface area contributed by atoms with Gasteiger partial charge in [0, 0.05) is 19.3 Å². The quantitative estimate of drug-likeness (QED) is 0.243. The average molecular weight is 378 g/mol. The third-order valence-corrected chi connectivity index (χ3v) is 3.30. The molecule has 0 aromatic rings. The minimum absolute atomic E-state index is 0. The van der Waals surface area contributed by atoms with Crippen LogP contribution in [0.1, 0.15) is 97.8 Å². The van der Waals surface area contributed by atoms with E-state index < -0.39 is 11.9 Å². The second-order valence-corrected chi connectivity index (χ2v) is 5.53. The number of aliphatic carboxylic acids is 1. The molecule has 0 amide bonds. The zero-order valence-electron chi connectivity index (χ0n) is 15.1. The van der Waals surface area contributed by atoms with Crippen LogP contribution in [0.3, 0.4) is 0 Å². The van der Waals surface area contributed by atoms with Gasteiger partial charge in [-0.15, -0.1) is 0 Å². The van der Waals surface area contributed by atoms with Crippen LogP contribution in [0.15, 0.2) is 0 Å². The van der Waals surface area contributed by atoms with E-state index in [-0.39, 0.29) is 77.9 Å². The zero-order valence-corrected chi connectivity index (χ0v) is 15.1. The molecule has 0 radical (unpaired) electrons. The van der Waals surface area contributed by atoms with Crippen LogP contribution in [-0.2, 0) is 19.1 Å². The number of carboxylic acid groups (broad SMARTS) is 1. The molecular formula is C18H36Na2O5. The summed E-state index contributed by atoms with van der Waals surface area (Å²) in [6, 6.07) is 0. The normalized spacial score (nSPS) is 8.92. The number of carboxylic acids is 1. The first-order valence-electron chi connectivity index (χ1n) is 8.93. The summed E-state index contributed by atoms with van der Waals surface area (Å²) in [7, 11) is 0.